The van der Waals surface area contributed by atoms with Crippen LogP contribution in [0, 0.1) is 16.0 Å². The molecule has 1 atom stereocenters. The van der Waals surface area contributed by atoms with Crippen molar-refractivity contribution < 1.29 is 14.8 Å². The molecule has 1 unspecified atom stereocenters. The Morgan fingerprint density at radius 2 is 2.10 bits per heavy atom. The van der Waals surface area contributed by atoms with Gasteiger partial charge in [0.25, 0.3) is 11.6 Å². The Labute approximate surface area is 121 Å². The van der Waals surface area contributed by atoms with Crippen molar-refractivity contribution >= 4 is 23.2 Å². The Kier molecular flexibility index (Phi) is 5.91. The number of amides is 1. The topological polar surface area (TPSA) is 92.5 Å². The molecular weight excluding hydrogens is 284 g/mol. The number of hydrogen-bond acceptors (Lipinski definition) is 4. The first-order valence-corrected chi connectivity index (χ1v) is 6.60. The maximum atomic E-state index is 11.8. The summed E-state index contributed by atoms with van der Waals surface area (Å²) in [5.74, 6) is -0.342. The van der Waals surface area contributed by atoms with Gasteiger partial charge in [0, 0.05) is 29.3 Å². The van der Waals surface area contributed by atoms with Crippen LogP contribution in [0.15, 0.2) is 18.2 Å². The van der Waals surface area contributed by atoms with E-state index in [1.54, 1.807) is 0 Å². The highest BCUT2D eigenvalue weighted by atomic mass is 35.5. The molecule has 0 saturated carbocycles. The predicted octanol–water partition coefficient (Wildman–Crippen LogP) is 2.39. The minimum Gasteiger partial charge on any atom is -0.393 e. The van der Waals surface area contributed by atoms with E-state index in [-0.39, 0.29) is 22.2 Å². The van der Waals surface area contributed by atoms with E-state index in [2.05, 4.69) is 5.32 Å². The van der Waals surface area contributed by atoms with Crippen LogP contribution in [0.4, 0.5) is 5.69 Å². The highest BCUT2D eigenvalue weighted by Crippen LogP contribution is 2.20. The van der Waals surface area contributed by atoms with Gasteiger partial charge in [0.1, 0.15) is 0 Å². The van der Waals surface area contributed by atoms with Crippen LogP contribution in [0.5, 0.6) is 0 Å². The van der Waals surface area contributed by atoms with E-state index in [1.807, 2.05) is 13.8 Å². The lowest BCUT2D eigenvalue weighted by Gasteiger charge is -2.14. The summed E-state index contributed by atoms with van der Waals surface area (Å²) in [6.07, 6.45) is -0.0736. The summed E-state index contributed by atoms with van der Waals surface area (Å²) in [5.41, 5.74) is -0.104. The SMILES string of the molecule is CC(C)C(O)CCNC(=O)c1cc(Cl)cc([N+](=O)[O-])c1. The molecular formula is C13H17ClN2O4. The Hall–Kier alpha value is -1.66. The third kappa shape index (κ3) is 4.79. The molecule has 0 aliphatic heterocycles. The van der Waals surface area contributed by atoms with E-state index in [0.717, 1.165) is 0 Å². The number of nitrogens with one attached hydrogen (secondary N) is 1. The van der Waals surface area contributed by atoms with Gasteiger partial charge in [-0.15, -0.1) is 0 Å². The zero-order valence-electron chi connectivity index (χ0n) is 11.3. The third-order valence-electron chi connectivity index (χ3n) is 2.85. The lowest BCUT2D eigenvalue weighted by atomic mass is 10.0. The van der Waals surface area contributed by atoms with Crippen LogP contribution >= 0.6 is 11.6 Å². The molecule has 0 bridgehead atoms. The molecule has 1 aromatic rings. The van der Waals surface area contributed by atoms with Crippen LogP contribution < -0.4 is 5.32 Å². The summed E-state index contributed by atoms with van der Waals surface area (Å²) >= 11 is 5.74. The van der Waals surface area contributed by atoms with Gasteiger partial charge in [0.05, 0.1) is 11.0 Å². The maximum Gasteiger partial charge on any atom is 0.271 e. The van der Waals surface area contributed by atoms with Crippen molar-refractivity contribution in [2.75, 3.05) is 6.54 Å². The first kappa shape index (κ1) is 16.4. The molecule has 2 N–H and O–H groups in total. The molecule has 0 aromatic heterocycles. The van der Waals surface area contributed by atoms with Gasteiger partial charge in [-0.3, -0.25) is 14.9 Å². The first-order valence-electron chi connectivity index (χ1n) is 6.22. The second kappa shape index (κ2) is 7.21. The normalized spacial score (nSPS) is 12.2. The molecule has 1 aromatic carbocycles. The third-order valence-corrected chi connectivity index (χ3v) is 3.07. The van der Waals surface area contributed by atoms with Gasteiger partial charge >= 0.3 is 0 Å². The standard InChI is InChI=1S/C13H17ClN2O4/c1-8(2)12(17)3-4-15-13(18)9-5-10(14)7-11(6-9)16(19)20/h5-8,12,17H,3-4H2,1-2H3,(H,15,18). The van der Waals surface area contributed by atoms with Gasteiger partial charge in [-0.25, -0.2) is 0 Å². The van der Waals surface area contributed by atoms with E-state index >= 15 is 0 Å². The van der Waals surface area contributed by atoms with Crippen molar-refractivity contribution in [1.29, 1.82) is 0 Å². The Morgan fingerprint density at radius 1 is 1.45 bits per heavy atom. The predicted molar refractivity (Wildman–Crippen MR) is 75.9 cm³/mol. The number of carbonyl (C=O) groups excluding carboxylic acids is 1. The van der Waals surface area contributed by atoms with E-state index < -0.39 is 16.9 Å². The van der Waals surface area contributed by atoms with E-state index in [4.69, 9.17) is 11.6 Å². The number of carbonyl (C=O) groups is 1. The number of benzene rings is 1. The summed E-state index contributed by atoms with van der Waals surface area (Å²) in [6, 6.07) is 3.71. The van der Waals surface area contributed by atoms with Crippen LogP contribution in [-0.2, 0) is 0 Å². The summed E-state index contributed by atoms with van der Waals surface area (Å²) < 4.78 is 0. The van der Waals surface area contributed by atoms with Crippen molar-refractivity contribution in [3.8, 4) is 0 Å². The molecule has 20 heavy (non-hydrogen) atoms. The molecule has 110 valence electrons. The fourth-order valence-electron chi connectivity index (χ4n) is 1.58. The molecule has 0 aliphatic carbocycles. The second-order valence-corrected chi connectivity index (χ2v) is 5.25. The van der Waals surface area contributed by atoms with Crippen molar-refractivity contribution in [1.82, 2.24) is 5.32 Å². The molecule has 7 heteroatoms. The Bertz CT molecular complexity index is 505. The van der Waals surface area contributed by atoms with Crippen LogP contribution in [0.25, 0.3) is 0 Å². The lowest BCUT2D eigenvalue weighted by molar-refractivity contribution is -0.384. The number of aliphatic hydroxyl groups is 1. The van der Waals surface area contributed by atoms with Crippen LogP contribution in [-0.4, -0.2) is 28.6 Å². The van der Waals surface area contributed by atoms with Crippen molar-refractivity contribution in [3.05, 3.63) is 38.9 Å². The number of nitro benzene ring substituents is 1. The van der Waals surface area contributed by atoms with Crippen LogP contribution in [0.1, 0.15) is 30.6 Å². The highest BCUT2D eigenvalue weighted by molar-refractivity contribution is 6.31. The molecule has 0 heterocycles. The van der Waals surface area contributed by atoms with Crippen molar-refractivity contribution in [3.63, 3.8) is 0 Å². The second-order valence-electron chi connectivity index (χ2n) is 4.81. The summed E-state index contributed by atoms with van der Waals surface area (Å²) in [6.45, 7) is 4.05. The smallest absolute Gasteiger partial charge is 0.271 e. The fraction of sp³-hybridized carbons (Fsp3) is 0.462. The maximum absolute atomic E-state index is 11.8. The molecule has 0 saturated heterocycles. The molecule has 1 rings (SSSR count). The number of aliphatic hydroxyl groups excluding tert-OH is 1. The quantitative estimate of drug-likeness (QED) is 0.623. The largest absolute Gasteiger partial charge is 0.393 e. The molecule has 0 aliphatic rings. The fourth-order valence-corrected chi connectivity index (χ4v) is 1.81. The van der Waals surface area contributed by atoms with Gasteiger partial charge in [-0.05, 0) is 18.4 Å². The van der Waals surface area contributed by atoms with Crippen LogP contribution in [0.2, 0.25) is 5.02 Å². The minimum atomic E-state index is -0.606. The number of halogens is 1. The van der Waals surface area contributed by atoms with Crippen molar-refractivity contribution in [2.45, 2.75) is 26.4 Å². The number of hydrogen-bond donors (Lipinski definition) is 2. The first-order chi connectivity index (χ1) is 9.31. The van der Waals surface area contributed by atoms with Gasteiger partial charge < -0.3 is 10.4 Å². The Balaban J connectivity index is 2.66. The van der Waals surface area contributed by atoms with E-state index in [9.17, 15) is 20.0 Å². The van der Waals surface area contributed by atoms with Gasteiger partial charge in [-0.1, -0.05) is 25.4 Å². The number of nitro groups is 1. The molecule has 0 spiro atoms. The molecule has 6 nitrogen and oxygen atoms in total. The number of rotatable bonds is 6. The van der Waals surface area contributed by atoms with Crippen LogP contribution in [0.3, 0.4) is 0 Å². The van der Waals surface area contributed by atoms with Gasteiger partial charge in [0.2, 0.25) is 0 Å². The summed E-state index contributed by atoms with van der Waals surface area (Å²) in [7, 11) is 0. The number of nitrogens with zero attached hydrogens (tertiary/aromatic N) is 1. The highest BCUT2D eigenvalue weighted by Gasteiger charge is 2.14. The summed E-state index contributed by atoms with van der Waals surface area (Å²) in [4.78, 5) is 21.9. The number of non-ortho nitro benzene ring substituents is 1. The zero-order valence-corrected chi connectivity index (χ0v) is 12.1. The monoisotopic (exact) mass is 300 g/mol. The molecule has 1 amide bonds. The Morgan fingerprint density at radius 3 is 2.65 bits per heavy atom. The van der Waals surface area contributed by atoms with Gasteiger partial charge in [0.15, 0.2) is 0 Å². The average molecular weight is 301 g/mol. The average Bonchev–Trinajstić information content (AvgIpc) is 2.37. The van der Waals surface area contributed by atoms with E-state index in [0.29, 0.717) is 13.0 Å². The van der Waals surface area contributed by atoms with Gasteiger partial charge in [-0.2, -0.15) is 0 Å². The lowest BCUT2D eigenvalue weighted by Crippen LogP contribution is -2.28. The zero-order chi connectivity index (χ0) is 15.3. The molecule has 0 radical (unpaired) electrons. The minimum absolute atomic E-state index is 0.110. The molecule has 0 fully saturated rings. The van der Waals surface area contributed by atoms with Crippen molar-refractivity contribution in [2.24, 2.45) is 5.92 Å². The summed E-state index contributed by atoms with van der Waals surface area (Å²) in [5, 5.41) is 23.0. The van der Waals surface area contributed by atoms with E-state index in [1.165, 1.54) is 18.2 Å².